The minimum absolute atomic E-state index is 0.827. The molecule has 1 saturated carbocycles. The van der Waals surface area contributed by atoms with Gasteiger partial charge in [0.05, 0.1) is 0 Å². The second-order valence-corrected chi connectivity index (χ2v) is 5.35. The molecule has 0 bridgehead atoms. The van der Waals surface area contributed by atoms with E-state index in [1.807, 2.05) is 0 Å². The van der Waals surface area contributed by atoms with Crippen molar-refractivity contribution in [1.29, 1.82) is 0 Å². The number of rotatable bonds is 6. The Morgan fingerprint density at radius 1 is 1.20 bits per heavy atom. The van der Waals surface area contributed by atoms with Crippen LogP contribution < -0.4 is 5.32 Å². The first-order valence-corrected chi connectivity index (χ1v) is 7.01. The van der Waals surface area contributed by atoms with Crippen LogP contribution >= 0.6 is 0 Å². The van der Waals surface area contributed by atoms with Crippen molar-refractivity contribution in [3.8, 4) is 0 Å². The summed E-state index contributed by atoms with van der Waals surface area (Å²) < 4.78 is 0. The van der Waals surface area contributed by atoms with Gasteiger partial charge in [0.1, 0.15) is 0 Å². The summed E-state index contributed by atoms with van der Waals surface area (Å²) in [6.45, 7) is 8.20. The van der Waals surface area contributed by atoms with E-state index >= 15 is 0 Å². The van der Waals surface area contributed by atoms with Gasteiger partial charge in [-0.1, -0.05) is 40.0 Å². The predicted molar refractivity (Wildman–Crippen MR) is 68.1 cm³/mol. The van der Waals surface area contributed by atoms with Gasteiger partial charge in [0.25, 0.3) is 0 Å². The predicted octanol–water partition coefficient (Wildman–Crippen LogP) is 3.98. The first-order chi connectivity index (χ1) is 7.27. The van der Waals surface area contributed by atoms with Gasteiger partial charge in [-0.25, -0.2) is 0 Å². The van der Waals surface area contributed by atoms with E-state index in [9.17, 15) is 0 Å². The smallest absolute Gasteiger partial charge is 0.00954 e. The average Bonchev–Trinajstić information content (AvgIpc) is 2.28. The standard InChI is InChI=1S/C14H29N/c1-4-10-15-14-9-7-6-8-13(14)11-12(3)5-2/h12-15H,4-11H2,1-3H3. The zero-order valence-corrected chi connectivity index (χ0v) is 10.9. The zero-order valence-electron chi connectivity index (χ0n) is 10.9. The molecule has 0 amide bonds. The maximum Gasteiger partial charge on any atom is 0.00954 e. The van der Waals surface area contributed by atoms with Crippen molar-refractivity contribution >= 4 is 0 Å². The van der Waals surface area contributed by atoms with Crippen molar-refractivity contribution in [1.82, 2.24) is 5.32 Å². The van der Waals surface area contributed by atoms with Gasteiger partial charge in [-0.3, -0.25) is 0 Å². The van der Waals surface area contributed by atoms with Crippen molar-refractivity contribution < 1.29 is 0 Å². The highest BCUT2D eigenvalue weighted by molar-refractivity contribution is 4.81. The van der Waals surface area contributed by atoms with Crippen LogP contribution in [0, 0.1) is 11.8 Å². The van der Waals surface area contributed by atoms with Gasteiger partial charge in [-0.15, -0.1) is 0 Å². The van der Waals surface area contributed by atoms with Crippen LogP contribution in [0.5, 0.6) is 0 Å². The van der Waals surface area contributed by atoms with E-state index < -0.39 is 0 Å². The van der Waals surface area contributed by atoms with Crippen LogP contribution in [0.15, 0.2) is 0 Å². The molecular formula is C14H29N. The van der Waals surface area contributed by atoms with Gasteiger partial charge in [-0.2, -0.15) is 0 Å². The van der Waals surface area contributed by atoms with Crippen LogP contribution in [0.4, 0.5) is 0 Å². The third-order valence-corrected chi connectivity index (χ3v) is 3.97. The minimum atomic E-state index is 0.827. The SMILES string of the molecule is CCCNC1CCCCC1CC(C)CC. The molecule has 1 aliphatic carbocycles. The van der Waals surface area contributed by atoms with Gasteiger partial charge >= 0.3 is 0 Å². The summed E-state index contributed by atoms with van der Waals surface area (Å²) in [4.78, 5) is 0. The molecule has 1 heteroatoms. The quantitative estimate of drug-likeness (QED) is 0.700. The van der Waals surface area contributed by atoms with Gasteiger partial charge < -0.3 is 5.32 Å². The molecule has 0 aliphatic heterocycles. The summed E-state index contributed by atoms with van der Waals surface area (Å²) in [5, 5.41) is 3.75. The molecule has 1 nitrogen and oxygen atoms in total. The Morgan fingerprint density at radius 2 is 1.93 bits per heavy atom. The lowest BCUT2D eigenvalue weighted by Gasteiger charge is -2.34. The molecule has 1 rings (SSSR count). The zero-order chi connectivity index (χ0) is 11.1. The Balaban J connectivity index is 2.35. The number of hydrogen-bond donors (Lipinski definition) is 1. The molecule has 0 aromatic carbocycles. The van der Waals surface area contributed by atoms with Crippen molar-refractivity contribution in [2.45, 2.75) is 71.8 Å². The van der Waals surface area contributed by atoms with Gasteiger partial charge in [0.15, 0.2) is 0 Å². The van der Waals surface area contributed by atoms with E-state index in [2.05, 4.69) is 26.1 Å². The Kier molecular flexibility index (Phi) is 6.31. The van der Waals surface area contributed by atoms with Gasteiger partial charge in [0.2, 0.25) is 0 Å². The van der Waals surface area contributed by atoms with E-state index in [-0.39, 0.29) is 0 Å². The summed E-state index contributed by atoms with van der Waals surface area (Å²) >= 11 is 0. The lowest BCUT2D eigenvalue weighted by molar-refractivity contribution is 0.222. The second-order valence-electron chi connectivity index (χ2n) is 5.35. The Morgan fingerprint density at radius 3 is 2.60 bits per heavy atom. The van der Waals surface area contributed by atoms with Crippen LogP contribution in [0.3, 0.4) is 0 Å². The molecule has 0 aromatic rings. The topological polar surface area (TPSA) is 12.0 Å². The minimum Gasteiger partial charge on any atom is -0.314 e. The van der Waals surface area contributed by atoms with Crippen molar-refractivity contribution in [2.24, 2.45) is 11.8 Å². The van der Waals surface area contributed by atoms with E-state index in [4.69, 9.17) is 0 Å². The molecule has 1 fully saturated rings. The Labute approximate surface area is 96.0 Å². The van der Waals surface area contributed by atoms with Crippen LogP contribution in [-0.2, 0) is 0 Å². The molecule has 0 radical (unpaired) electrons. The summed E-state index contributed by atoms with van der Waals surface area (Å²) in [7, 11) is 0. The molecule has 0 aromatic heterocycles. The first kappa shape index (κ1) is 13.0. The van der Waals surface area contributed by atoms with Crippen LogP contribution in [0.2, 0.25) is 0 Å². The average molecular weight is 211 g/mol. The highest BCUT2D eigenvalue weighted by Crippen LogP contribution is 2.30. The summed E-state index contributed by atoms with van der Waals surface area (Å²) in [6, 6.07) is 0.827. The van der Waals surface area contributed by atoms with Crippen molar-refractivity contribution in [2.75, 3.05) is 6.54 Å². The van der Waals surface area contributed by atoms with E-state index in [1.165, 1.54) is 51.5 Å². The lowest BCUT2D eigenvalue weighted by Crippen LogP contribution is -2.39. The lowest BCUT2D eigenvalue weighted by atomic mass is 9.79. The molecule has 3 unspecified atom stereocenters. The Hall–Kier alpha value is -0.0400. The monoisotopic (exact) mass is 211 g/mol. The molecule has 0 saturated heterocycles. The fourth-order valence-corrected chi connectivity index (χ4v) is 2.77. The van der Waals surface area contributed by atoms with Crippen molar-refractivity contribution in [3.63, 3.8) is 0 Å². The summed E-state index contributed by atoms with van der Waals surface area (Å²) in [5.41, 5.74) is 0. The number of nitrogens with one attached hydrogen (secondary N) is 1. The van der Waals surface area contributed by atoms with E-state index in [0.717, 1.165) is 17.9 Å². The molecule has 0 spiro atoms. The van der Waals surface area contributed by atoms with Crippen LogP contribution in [0.1, 0.15) is 65.7 Å². The van der Waals surface area contributed by atoms with Gasteiger partial charge in [-0.05, 0) is 44.1 Å². The normalized spacial score (nSPS) is 29.0. The molecule has 1 aliphatic rings. The van der Waals surface area contributed by atoms with Crippen molar-refractivity contribution in [3.05, 3.63) is 0 Å². The third-order valence-electron chi connectivity index (χ3n) is 3.97. The molecule has 0 heterocycles. The fourth-order valence-electron chi connectivity index (χ4n) is 2.77. The maximum absolute atomic E-state index is 3.75. The maximum atomic E-state index is 3.75. The van der Waals surface area contributed by atoms with E-state index in [1.54, 1.807) is 0 Å². The molecule has 15 heavy (non-hydrogen) atoms. The highest BCUT2D eigenvalue weighted by Gasteiger charge is 2.25. The largest absolute Gasteiger partial charge is 0.314 e. The van der Waals surface area contributed by atoms with Crippen LogP contribution in [0.25, 0.3) is 0 Å². The van der Waals surface area contributed by atoms with Crippen LogP contribution in [-0.4, -0.2) is 12.6 Å². The fraction of sp³-hybridized carbons (Fsp3) is 1.00. The van der Waals surface area contributed by atoms with Gasteiger partial charge in [0, 0.05) is 6.04 Å². The second kappa shape index (κ2) is 7.27. The van der Waals surface area contributed by atoms with E-state index in [0.29, 0.717) is 0 Å². The Bertz CT molecular complexity index is 155. The molecule has 90 valence electrons. The summed E-state index contributed by atoms with van der Waals surface area (Å²) in [6.07, 6.45) is 9.85. The first-order valence-electron chi connectivity index (χ1n) is 7.01. The molecular weight excluding hydrogens is 182 g/mol. The molecule has 1 N–H and O–H groups in total. The third kappa shape index (κ3) is 4.55. The molecule has 3 atom stereocenters. The summed E-state index contributed by atoms with van der Waals surface area (Å²) in [5.74, 6) is 1.87. The highest BCUT2D eigenvalue weighted by atomic mass is 14.9. The number of hydrogen-bond acceptors (Lipinski definition) is 1.